The highest BCUT2D eigenvalue weighted by Gasteiger charge is 2.25. The maximum Gasteiger partial charge on any atom is 0.0110 e. The zero-order valence-electron chi connectivity index (χ0n) is 12.7. The molecule has 1 aliphatic heterocycles. The van der Waals surface area contributed by atoms with Gasteiger partial charge in [0.15, 0.2) is 0 Å². The van der Waals surface area contributed by atoms with Crippen molar-refractivity contribution in [2.24, 2.45) is 17.8 Å². The molecule has 2 heteroatoms. The van der Waals surface area contributed by atoms with Gasteiger partial charge < -0.3 is 9.80 Å². The van der Waals surface area contributed by atoms with Crippen LogP contribution in [0.5, 0.6) is 0 Å². The van der Waals surface area contributed by atoms with E-state index in [0.717, 1.165) is 17.8 Å². The fourth-order valence-corrected chi connectivity index (χ4v) is 3.69. The van der Waals surface area contributed by atoms with Gasteiger partial charge in [0, 0.05) is 32.7 Å². The average Bonchev–Trinajstić information content (AvgIpc) is 2.40. The Morgan fingerprint density at radius 3 is 1.94 bits per heavy atom. The van der Waals surface area contributed by atoms with Crippen LogP contribution in [0.3, 0.4) is 0 Å². The molecule has 1 saturated carbocycles. The van der Waals surface area contributed by atoms with Crippen LogP contribution < -0.4 is 0 Å². The van der Waals surface area contributed by atoms with E-state index in [-0.39, 0.29) is 0 Å². The molecule has 2 rings (SSSR count). The van der Waals surface area contributed by atoms with Gasteiger partial charge in [-0.15, -0.1) is 0 Å². The van der Waals surface area contributed by atoms with Gasteiger partial charge in [-0.3, -0.25) is 0 Å². The molecule has 0 atom stereocenters. The molecule has 2 nitrogen and oxygen atoms in total. The lowest BCUT2D eigenvalue weighted by atomic mass is 9.77. The van der Waals surface area contributed by atoms with Crippen LogP contribution in [0.2, 0.25) is 0 Å². The van der Waals surface area contributed by atoms with E-state index in [0.29, 0.717) is 0 Å². The summed E-state index contributed by atoms with van der Waals surface area (Å²) in [6.07, 6.45) is 5.93. The summed E-state index contributed by atoms with van der Waals surface area (Å²) < 4.78 is 0. The van der Waals surface area contributed by atoms with Gasteiger partial charge in [-0.1, -0.05) is 20.8 Å². The van der Waals surface area contributed by atoms with Crippen LogP contribution in [0.25, 0.3) is 0 Å². The van der Waals surface area contributed by atoms with Crippen LogP contribution >= 0.6 is 0 Å². The van der Waals surface area contributed by atoms with E-state index in [2.05, 4.69) is 30.6 Å². The maximum atomic E-state index is 2.71. The molecule has 0 aromatic carbocycles. The van der Waals surface area contributed by atoms with Crippen molar-refractivity contribution in [3.05, 3.63) is 0 Å². The Balaban J connectivity index is 1.66. The SMILES string of the molecule is CCN1CCN(C[C@H]2CC[C@H](C(C)C)CC2)CC1. The molecule has 2 fully saturated rings. The van der Waals surface area contributed by atoms with Crippen molar-refractivity contribution < 1.29 is 0 Å². The molecule has 0 radical (unpaired) electrons. The number of nitrogens with zero attached hydrogens (tertiary/aromatic N) is 2. The van der Waals surface area contributed by atoms with E-state index in [9.17, 15) is 0 Å². The Hall–Kier alpha value is -0.0800. The molecule has 2 aliphatic rings. The summed E-state index contributed by atoms with van der Waals surface area (Å²) >= 11 is 0. The second-order valence-corrected chi connectivity index (χ2v) is 6.76. The Bertz CT molecular complexity index is 223. The lowest BCUT2D eigenvalue weighted by Gasteiger charge is -2.38. The van der Waals surface area contributed by atoms with Crippen molar-refractivity contribution in [3.63, 3.8) is 0 Å². The van der Waals surface area contributed by atoms with Gasteiger partial charge in [0.2, 0.25) is 0 Å². The quantitative estimate of drug-likeness (QED) is 0.758. The highest BCUT2D eigenvalue weighted by molar-refractivity contribution is 4.79. The first-order valence-corrected chi connectivity index (χ1v) is 8.13. The molecular formula is C16H32N2. The molecule has 1 aliphatic carbocycles. The van der Waals surface area contributed by atoms with Gasteiger partial charge in [0.25, 0.3) is 0 Å². The van der Waals surface area contributed by atoms with Crippen LogP contribution in [0.4, 0.5) is 0 Å². The largest absolute Gasteiger partial charge is 0.301 e. The molecule has 0 bridgehead atoms. The second kappa shape index (κ2) is 6.91. The Kier molecular flexibility index (Phi) is 5.50. The average molecular weight is 252 g/mol. The first-order chi connectivity index (χ1) is 8.69. The van der Waals surface area contributed by atoms with E-state index in [1.807, 2.05) is 0 Å². The molecule has 1 saturated heterocycles. The smallest absolute Gasteiger partial charge is 0.0110 e. The van der Waals surface area contributed by atoms with Crippen molar-refractivity contribution in [1.29, 1.82) is 0 Å². The molecule has 0 N–H and O–H groups in total. The van der Waals surface area contributed by atoms with Crippen molar-refractivity contribution in [1.82, 2.24) is 9.80 Å². The van der Waals surface area contributed by atoms with Crippen molar-refractivity contribution in [2.75, 3.05) is 39.3 Å². The first kappa shape index (κ1) is 14.3. The van der Waals surface area contributed by atoms with Crippen LogP contribution in [0, 0.1) is 17.8 Å². The third kappa shape index (κ3) is 3.96. The molecule has 0 aromatic rings. The first-order valence-electron chi connectivity index (χ1n) is 8.13. The monoisotopic (exact) mass is 252 g/mol. The zero-order chi connectivity index (χ0) is 13.0. The summed E-state index contributed by atoms with van der Waals surface area (Å²) in [5.41, 5.74) is 0. The molecule has 106 valence electrons. The minimum atomic E-state index is 0.902. The van der Waals surface area contributed by atoms with Crippen LogP contribution in [0.15, 0.2) is 0 Å². The predicted molar refractivity (Wildman–Crippen MR) is 78.8 cm³/mol. The fourth-order valence-electron chi connectivity index (χ4n) is 3.69. The number of rotatable bonds is 4. The van der Waals surface area contributed by atoms with E-state index in [1.54, 1.807) is 0 Å². The number of piperazine rings is 1. The predicted octanol–water partition coefficient (Wildman–Crippen LogP) is 3.09. The van der Waals surface area contributed by atoms with Gasteiger partial charge >= 0.3 is 0 Å². The lowest BCUT2D eigenvalue weighted by Crippen LogP contribution is -2.47. The molecule has 0 amide bonds. The topological polar surface area (TPSA) is 6.48 Å². The van der Waals surface area contributed by atoms with E-state index >= 15 is 0 Å². The molecular weight excluding hydrogens is 220 g/mol. The van der Waals surface area contributed by atoms with Gasteiger partial charge in [-0.2, -0.15) is 0 Å². The Labute approximate surface area is 114 Å². The molecule has 1 heterocycles. The summed E-state index contributed by atoms with van der Waals surface area (Å²) in [4.78, 5) is 5.29. The summed E-state index contributed by atoms with van der Waals surface area (Å²) in [7, 11) is 0. The summed E-state index contributed by atoms with van der Waals surface area (Å²) in [5, 5.41) is 0. The minimum Gasteiger partial charge on any atom is -0.301 e. The van der Waals surface area contributed by atoms with Gasteiger partial charge in [-0.05, 0) is 50.0 Å². The van der Waals surface area contributed by atoms with E-state index in [4.69, 9.17) is 0 Å². The van der Waals surface area contributed by atoms with Crippen molar-refractivity contribution in [3.8, 4) is 0 Å². The minimum absolute atomic E-state index is 0.902. The second-order valence-electron chi connectivity index (χ2n) is 6.76. The Morgan fingerprint density at radius 1 is 0.889 bits per heavy atom. The van der Waals surface area contributed by atoms with Crippen molar-refractivity contribution >= 4 is 0 Å². The van der Waals surface area contributed by atoms with Gasteiger partial charge in [-0.25, -0.2) is 0 Å². The summed E-state index contributed by atoms with van der Waals surface area (Å²) in [6, 6.07) is 0. The standard InChI is InChI=1S/C16H32N2/c1-4-17-9-11-18(12-10-17)13-15-5-7-16(8-6-15)14(2)3/h14-16H,4-13H2,1-3H3/t15-,16-. The van der Waals surface area contributed by atoms with E-state index < -0.39 is 0 Å². The number of hydrogen-bond acceptors (Lipinski definition) is 2. The third-order valence-electron chi connectivity index (χ3n) is 5.26. The zero-order valence-corrected chi connectivity index (χ0v) is 12.7. The van der Waals surface area contributed by atoms with Crippen molar-refractivity contribution in [2.45, 2.75) is 46.5 Å². The molecule has 18 heavy (non-hydrogen) atoms. The highest BCUT2D eigenvalue weighted by Crippen LogP contribution is 2.33. The fraction of sp³-hybridized carbons (Fsp3) is 1.00. The summed E-state index contributed by atoms with van der Waals surface area (Å²) in [5.74, 6) is 2.91. The van der Waals surface area contributed by atoms with E-state index in [1.165, 1.54) is 65.0 Å². The molecule has 0 spiro atoms. The molecule has 0 unspecified atom stereocenters. The third-order valence-corrected chi connectivity index (χ3v) is 5.26. The normalized spacial score (nSPS) is 32.0. The Morgan fingerprint density at radius 2 is 1.44 bits per heavy atom. The number of hydrogen-bond donors (Lipinski definition) is 0. The van der Waals surface area contributed by atoms with Crippen LogP contribution in [-0.2, 0) is 0 Å². The summed E-state index contributed by atoms with van der Waals surface area (Å²) in [6.45, 7) is 14.9. The van der Waals surface area contributed by atoms with Crippen LogP contribution in [-0.4, -0.2) is 49.1 Å². The van der Waals surface area contributed by atoms with Crippen LogP contribution in [0.1, 0.15) is 46.5 Å². The maximum absolute atomic E-state index is 2.71. The number of likely N-dealkylation sites (N-methyl/N-ethyl adjacent to an activating group) is 1. The lowest BCUT2D eigenvalue weighted by molar-refractivity contribution is 0.104. The molecule has 0 aromatic heterocycles. The van der Waals surface area contributed by atoms with Gasteiger partial charge in [0.1, 0.15) is 0 Å². The van der Waals surface area contributed by atoms with Gasteiger partial charge in [0.05, 0.1) is 0 Å². The highest BCUT2D eigenvalue weighted by atomic mass is 15.3.